The molecule has 0 aromatic heterocycles. The molecule has 0 saturated heterocycles. The van der Waals surface area contributed by atoms with Crippen LogP contribution in [0.2, 0.25) is 0 Å². The lowest BCUT2D eigenvalue weighted by Crippen LogP contribution is -2.16. The van der Waals surface area contributed by atoms with Gasteiger partial charge in [0.25, 0.3) is 0 Å². The largest absolute Gasteiger partial charge is 0.311 e. The third-order valence-corrected chi connectivity index (χ3v) is 6.02. The molecule has 38 heavy (non-hydrogen) atoms. The van der Waals surface area contributed by atoms with Crippen LogP contribution in [0.1, 0.15) is 38.3 Å². The van der Waals surface area contributed by atoms with E-state index in [4.69, 9.17) is 0 Å². The molecule has 4 aromatic carbocycles. The number of benzene rings is 4. The number of allylic oxidation sites excluding steroid dienone is 2. The molecule has 0 unspecified atom stereocenters. The molecule has 0 aliphatic rings. The fourth-order valence-electron chi connectivity index (χ4n) is 4.24. The average Bonchev–Trinajstić information content (AvgIpc) is 2.99. The van der Waals surface area contributed by atoms with Gasteiger partial charge in [0.05, 0.1) is 0 Å². The van der Waals surface area contributed by atoms with E-state index in [0.29, 0.717) is 0 Å². The van der Waals surface area contributed by atoms with E-state index in [-0.39, 0.29) is 0 Å². The number of nitrogens with zero attached hydrogens (tertiary/aromatic N) is 2. The highest BCUT2D eigenvalue weighted by Gasteiger charge is 2.17. The molecule has 2 nitrogen and oxygen atoms in total. The van der Waals surface area contributed by atoms with Crippen molar-refractivity contribution in [3.8, 4) is 0 Å². The van der Waals surface area contributed by atoms with Crippen molar-refractivity contribution >= 4 is 40.6 Å². The third-order valence-electron chi connectivity index (χ3n) is 6.02. The molecule has 0 radical (unpaired) electrons. The van der Waals surface area contributed by atoms with Gasteiger partial charge in [-0.2, -0.15) is 0 Å². The lowest BCUT2D eigenvalue weighted by atomic mass is 10.1. The van der Waals surface area contributed by atoms with Gasteiger partial charge in [-0.05, 0) is 78.2 Å². The first kappa shape index (κ1) is 28.0. The predicted molar refractivity (Wildman–Crippen MR) is 170 cm³/mol. The van der Waals surface area contributed by atoms with Crippen molar-refractivity contribution in [2.24, 2.45) is 0 Å². The molecular formula is C36H38N2. The molecule has 2 heteroatoms. The summed E-state index contributed by atoms with van der Waals surface area (Å²) in [6, 6.07) is 35.9. The highest BCUT2D eigenvalue weighted by Crippen LogP contribution is 2.39. The van der Waals surface area contributed by atoms with Crippen LogP contribution in [-0.4, -0.2) is 0 Å². The van der Waals surface area contributed by atoms with Gasteiger partial charge < -0.3 is 9.80 Å². The smallest absolute Gasteiger partial charge is 0.0482 e. The summed E-state index contributed by atoms with van der Waals surface area (Å²) in [5, 5.41) is 0. The zero-order valence-corrected chi connectivity index (χ0v) is 22.8. The molecule has 0 bridgehead atoms. The zero-order chi connectivity index (χ0) is 27.3. The van der Waals surface area contributed by atoms with E-state index in [1.807, 2.05) is 38.1 Å². The van der Waals surface area contributed by atoms with E-state index in [0.717, 1.165) is 51.7 Å². The van der Waals surface area contributed by atoms with Crippen molar-refractivity contribution in [3.05, 3.63) is 152 Å². The van der Waals surface area contributed by atoms with E-state index in [1.54, 1.807) is 0 Å². The SMILES string of the molecule is C=C/C(=C\CC)N(c1ccc(C=C)cc1)c1cccc(N(c2ccccc2)c2ccc(C=C)cc2)c1.CC. The maximum atomic E-state index is 4.11. The Kier molecular flexibility index (Phi) is 10.5. The van der Waals surface area contributed by atoms with E-state index in [1.165, 1.54) is 0 Å². The highest BCUT2D eigenvalue weighted by molar-refractivity contribution is 5.81. The highest BCUT2D eigenvalue weighted by atomic mass is 15.2. The summed E-state index contributed by atoms with van der Waals surface area (Å²) in [7, 11) is 0. The molecule has 0 aliphatic heterocycles. The van der Waals surface area contributed by atoms with Gasteiger partial charge in [0.1, 0.15) is 0 Å². The summed E-state index contributed by atoms with van der Waals surface area (Å²) in [5.74, 6) is 0. The van der Waals surface area contributed by atoms with Crippen molar-refractivity contribution in [3.63, 3.8) is 0 Å². The minimum Gasteiger partial charge on any atom is -0.311 e. The maximum Gasteiger partial charge on any atom is 0.0482 e. The van der Waals surface area contributed by atoms with Gasteiger partial charge in [0, 0.05) is 34.1 Å². The van der Waals surface area contributed by atoms with Crippen LogP contribution in [-0.2, 0) is 0 Å². The molecule has 0 spiro atoms. The Morgan fingerprint density at radius 1 is 0.605 bits per heavy atom. The second-order valence-corrected chi connectivity index (χ2v) is 8.36. The Bertz CT molecular complexity index is 1350. The summed E-state index contributed by atoms with van der Waals surface area (Å²) < 4.78 is 0. The van der Waals surface area contributed by atoms with Crippen molar-refractivity contribution in [1.29, 1.82) is 0 Å². The number of anilines is 5. The number of hydrogen-bond acceptors (Lipinski definition) is 2. The summed E-state index contributed by atoms with van der Waals surface area (Å²) in [4.78, 5) is 4.52. The van der Waals surface area contributed by atoms with Gasteiger partial charge in [-0.25, -0.2) is 0 Å². The van der Waals surface area contributed by atoms with Gasteiger partial charge in [0.15, 0.2) is 0 Å². The van der Waals surface area contributed by atoms with Crippen molar-refractivity contribution in [2.45, 2.75) is 27.2 Å². The molecule has 0 saturated carbocycles. The first-order valence-corrected chi connectivity index (χ1v) is 13.2. The fraction of sp³-hybridized carbons (Fsp3) is 0.111. The van der Waals surface area contributed by atoms with E-state index >= 15 is 0 Å². The first-order chi connectivity index (χ1) is 18.7. The van der Waals surface area contributed by atoms with Crippen LogP contribution in [0.15, 0.2) is 141 Å². The normalized spacial score (nSPS) is 10.6. The summed E-state index contributed by atoms with van der Waals surface area (Å²) in [5.41, 5.74) is 8.59. The van der Waals surface area contributed by atoms with Gasteiger partial charge in [0.2, 0.25) is 0 Å². The predicted octanol–water partition coefficient (Wildman–Crippen LogP) is 11.1. The molecule has 0 aliphatic carbocycles. The Hall–Kier alpha value is -4.56. The molecule has 192 valence electrons. The number of hydrogen-bond donors (Lipinski definition) is 0. The van der Waals surface area contributed by atoms with Crippen LogP contribution in [0.3, 0.4) is 0 Å². The Morgan fingerprint density at radius 3 is 1.63 bits per heavy atom. The standard InChI is InChI=1S/C34H32N2.C2H6/c1-5-13-29(8-4)35(31-22-18-27(6-2)19-23-31)33-16-12-17-34(26-33)36(30-14-10-9-11-15-30)32-24-20-28(7-3)21-25-32;1-2/h6-26H,2-5H2,1H3;1-2H3/b29-13+;. The summed E-state index contributed by atoms with van der Waals surface area (Å²) in [6.45, 7) is 18.0. The Balaban J connectivity index is 0.00000195. The monoisotopic (exact) mass is 498 g/mol. The van der Waals surface area contributed by atoms with Crippen molar-refractivity contribution in [1.82, 2.24) is 0 Å². The van der Waals surface area contributed by atoms with Crippen LogP contribution in [0, 0.1) is 0 Å². The molecule has 0 N–H and O–H groups in total. The lowest BCUT2D eigenvalue weighted by molar-refractivity contribution is 1.13. The van der Waals surface area contributed by atoms with Gasteiger partial charge in [-0.1, -0.05) is 107 Å². The molecular weight excluding hydrogens is 460 g/mol. The minimum absolute atomic E-state index is 0.911. The van der Waals surface area contributed by atoms with Gasteiger partial charge in [-0.15, -0.1) is 0 Å². The average molecular weight is 499 g/mol. The fourth-order valence-corrected chi connectivity index (χ4v) is 4.24. The van der Waals surface area contributed by atoms with E-state index in [9.17, 15) is 0 Å². The summed E-state index contributed by atoms with van der Waals surface area (Å²) >= 11 is 0. The van der Waals surface area contributed by atoms with Crippen molar-refractivity contribution in [2.75, 3.05) is 9.80 Å². The number of rotatable bonds is 10. The second-order valence-electron chi connectivity index (χ2n) is 8.36. The third kappa shape index (κ3) is 6.60. The van der Waals surface area contributed by atoms with E-state index < -0.39 is 0 Å². The van der Waals surface area contributed by atoms with Crippen LogP contribution < -0.4 is 9.80 Å². The molecule has 4 aromatic rings. The van der Waals surface area contributed by atoms with Crippen LogP contribution in [0.4, 0.5) is 28.4 Å². The molecule has 0 fully saturated rings. The van der Waals surface area contributed by atoms with Crippen molar-refractivity contribution < 1.29 is 0 Å². The van der Waals surface area contributed by atoms with Crippen LogP contribution in [0.5, 0.6) is 0 Å². The number of para-hydroxylation sites is 1. The maximum absolute atomic E-state index is 4.11. The topological polar surface area (TPSA) is 6.48 Å². The zero-order valence-electron chi connectivity index (χ0n) is 22.8. The van der Waals surface area contributed by atoms with E-state index in [2.05, 4.69) is 140 Å². The molecule has 0 atom stereocenters. The minimum atomic E-state index is 0.911. The first-order valence-electron chi connectivity index (χ1n) is 13.2. The molecule has 4 rings (SSSR count). The van der Waals surface area contributed by atoms with Gasteiger partial charge >= 0.3 is 0 Å². The molecule has 0 amide bonds. The Morgan fingerprint density at radius 2 is 1.11 bits per heavy atom. The Labute approximate surface area is 229 Å². The van der Waals surface area contributed by atoms with Crippen LogP contribution in [0.25, 0.3) is 12.2 Å². The quantitative estimate of drug-likeness (QED) is 0.201. The second kappa shape index (κ2) is 14.2. The summed E-state index contributed by atoms with van der Waals surface area (Å²) in [6.07, 6.45) is 8.75. The van der Waals surface area contributed by atoms with Gasteiger partial charge in [-0.3, -0.25) is 0 Å². The molecule has 0 heterocycles. The lowest BCUT2D eigenvalue weighted by Gasteiger charge is -2.30. The van der Waals surface area contributed by atoms with Crippen LogP contribution >= 0.6 is 0 Å².